The fourth-order valence-electron chi connectivity index (χ4n) is 2.62. The monoisotopic (exact) mass is 348 g/mol. The molecule has 1 aromatic heterocycles. The Morgan fingerprint density at radius 3 is 2.50 bits per heavy atom. The number of amides is 1. The quantitative estimate of drug-likeness (QED) is 0.688. The van der Waals surface area contributed by atoms with Gasteiger partial charge >= 0.3 is 0 Å². The molecular formula is C21H22N3O2+. The van der Waals surface area contributed by atoms with Gasteiger partial charge in [0.15, 0.2) is 0 Å². The third-order valence-corrected chi connectivity index (χ3v) is 4.01. The molecule has 0 unspecified atom stereocenters. The lowest BCUT2D eigenvalue weighted by molar-refractivity contribution is -0.361. The summed E-state index contributed by atoms with van der Waals surface area (Å²) >= 11 is 0. The predicted molar refractivity (Wildman–Crippen MR) is 103 cm³/mol. The van der Waals surface area contributed by atoms with Crippen LogP contribution in [0.5, 0.6) is 5.75 Å². The summed E-state index contributed by atoms with van der Waals surface area (Å²) in [6.07, 6.45) is 2.68. The zero-order valence-electron chi connectivity index (χ0n) is 14.7. The van der Waals surface area contributed by atoms with Gasteiger partial charge in [-0.1, -0.05) is 30.3 Å². The number of hydrogen-bond acceptors (Lipinski definition) is 3. The second kappa shape index (κ2) is 8.67. The van der Waals surface area contributed by atoms with E-state index < -0.39 is 0 Å². The fourth-order valence-corrected chi connectivity index (χ4v) is 2.62. The normalized spacial score (nSPS) is 10.2. The Labute approximate surface area is 153 Å². The van der Waals surface area contributed by atoms with Crippen LogP contribution >= 0.6 is 0 Å². The standard InChI is InChI=1S/C21H21N3O2/c1-26-18-11-9-17(10-12-18)24-21(25)19-8-5-14-22-20(19)23-15-13-16-6-3-2-4-7-16/h2-12,14H,13,15H2,1H3,(H,22,23)(H,24,25)/p+1. The largest absolute Gasteiger partial charge is 0.497 e. The van der Waals surface area contributed by atoms with E-state index in [9.17, 15) is 4.79 Å². The van der Waals surface area contributed by atoms with Crippen LogP contribution in [0.1, 0.15) is 15.9 Å². The molecule has 2 aromatic carbocycles. The summed E-state index contributed by atoms with van der Waals surface area (Å²) in [5, 5.41) is 6.21. The van der Waals surface area contributed by atoms with Crippen LogP contribution in [0.4, 0.5) is 11.5 Å². The number of H-pyrrole nitrogens is 1. The van der Waals surface area contributed by atoms with Crippen molar-refractivity contribution in [1.82, 2.24) is 0 Å². The molecule has 132 valence electrons. The van der Waals surface area contributed by atoms with Gasteiger partial charge in [-0.15, -0.1) is 0 Å². The Balaban J connectivity index is 1.64. The molecule has 5 nitrogen and oxygen atoms in total. The summed E-state index contributed by atoms with van der Waals surface area (Å²) in [7, 11) is 1.61. The van der Waals surface area contributed by atoms with Crippen LogP contribution < -0.4 is 20.4 Å². The zero-order chi connectivity index (χ0) is 18.2. The molecule has 0 spiro atoms. The number of carbonyl (C=O) groups excluding carboxylic acids is 1. The maximum absolute atomic E-state index is 12.6. The van der Waals surface area contributed by atoms with Crippen LogP contribution in [-0.4, -0.2) is 19.6 Å². The Hall–Kier alpha value is -3.34. The van der Waals surface area contributed by atoms with Crippen molar-refractivity contribution in [2.75, 3.05) is 24.3 Å². The highest BCUT2D eigenvalue weighted by atomic mass is 16.5. The van der Waals surface area contributed by atoms with Crippen molar-refractivity contribution in [3.8, 4) is 5.75 Å². The lowest BCUT2D eigenvalue weighted by Crippen LogP contribution is -2.22. The number of methoxy groups -OCH3 is 1. The summed E-state index contributed by atoms with van der Waals surface area (Å²) < 4.78 is 5.13. The minimum atomic E-state index is -0.172. The van der Waals surface area contributed by atoms with E-state index in [1.165, 1.54) is 5.56 Å². The lowest BCUT2D eigenvalue weighted by Gasteiger charge is -2.08. The van der Waals surface area contributed by atoms with Gasteiger partial charge in [0.05, 0.1) is 19.9 Å². The number of hydrogen-bond donors (Lipinski definition) is 2. The van der Waals surface area contributed by atoms with E-state index >= 15 is 0 Å². The minimum Gasteiger partial charge on any atom is -0.497 e. The molecule has 0 fully saturated rings. The second-order valence-corrected chi connectivity index (χ2v) is 5.80. The Bertz CT molecular complexity index is 849. The molecule has 0 aliphatic carbocycles. The van der Waals surface area contributed by atoms with Crippen molar-refractivity contribution in [1.29, 1.82) is 0 Å². The molecule has 0 saturated carbocycles. The van der Waals surface area contributed by atoms with Gasteiger partial charge in [0.1, 0.15) is 11.3 Å². The van der Waals surface area contributed by atoms with Gasteiger partial charge in [-0.2, -0.15) is 0 Å². The van der Waals surface area contributed by atoms with Crippen LogP contribution in [0.2, 0.25) is 0 Å². The minimum absolute atomic E-state index is 0.172. The van der Waals surface area contributed by atoms with E-state index in [0.717, 1.165) is 24.4 Å². The first-order chi connectivity index (χ1) is 12.8. The van der Waals surface area contributed by atoms with Gasteiger partial charge in [-0.25, -0.2) is 4.98 Å². The van der Waals surface area contributed by atoms with E-state index in [0.29, 0.717) is 11.4 Å². The molecule has 3 rings (SSSR count). The van der Waals surface area contributed by atoms with Crippen molar-refractivity contribution < 1.29 is 14.5 Å². The molecule has 5 heteroatoms. The van der Waals surface area contributed by atoms with Gasteiger partial charge in [0.25, 0.3) is 11.7 Å². The molecule has 0 bridgehead atoms. The highest BCUT2D eigenvalue weighted by molar-refractivity contribution is 6.07. The van der Waals surface area contributed by atoms with Crippen molar-refractivity contribution >= 4 is 17.4 Å². The molecular weight excluding hydrogens is 326 g/mol. The number of nitrogens with one attached hydrogen (secondary N) is 3. The lowest BCUT2D eigenvalue weighted by atomic mass is 10.1. The molecule has 0 aliphatic rings. The maximum Gasteiger partial charge on any atom is 0.285 e. The smallest absolute Gasteiger partial charge is 0.285 e. The highest BCUT2D eigenvalue weighted by Crippen LogP contribution is 2.17. The van der Waals surface area contributed by atoms with Crippen LogP contribution in [0, 0.1) is 0 Å². The van der Waals surface area contributed by atoms with Gasteiger partial charge < -0.3 is 10.1 Å². The number of rotatable bonds is 7. The van der Waals surface area contributed by atoms with Crippen LogP contribution in [-0.2, 0) is 6.42 Å². The van der Waals surface area contributed by atoms with Gasteiger partial charge in [-0.3, -0.25) is 10.1 Å². The number of benzene rings is 2. The molecule has 0 saturated heterocycles. The molecule has 1 amide bonds. The van der Waals surface area contributed by atoms with Crippen LogP contribution in [0.15, 0.2) is 72.9 Å². The average molecular weight is 348 g/mol. The number of aromatic nitrogens is 1. The Morgan fingerprint density at radius 1 is 1.00 bits per heavy atom. The number of carbonyl (C=O) groups is 1. The van der Waals surface area contributed by atoms with Crippen LogP contribution in [0.25, 0.3) is 0 Å². The number of aromatic amines is 1. The predicted octanol–water partition coefficient (Wildman–Crippen LogP) is 3.42. The topological polar surface area (TPSA) is 64.5 Å². The third kappa shape index (κ3) is 4.60. The molecule has 1 heterocycles. The summed E-state index contributed by atoms with van der Waals surface area (Å²) in [6.45, 7) is 0.730. The van der Waals surface area contributed by atoms with Crippen molar-refractivity contribution in [3.63, 3.8) is 0 Å². The first kappa shape index (κ1) is 17.5. The number of pyridine rings is 1. The molecule has 3 aromatic rings. The van der Waals surface area contributed by atoms with Crippen LogP contribution in [0.3, 0.4) is 0 Å². The van der Waals surface area contributed by atoms with Gasteiger partial charge in [-0.05, 0) is 42.0 Å². The fraction of sp³-hybridized carbons (Fsp3) is 0.143. The molecule has 0 aliphatic heterocycles. The Morgan fingerprint density at radius 2 is 1.77 bits per heavy atom. The molecule has 3 N–H and O–H groups in total. The summed E-state index contributed by atoms with van der Waals surface area (Å²) in [4.78, 5) is 15.7. The number of ether oxygens (including phenoxy) is 1. The molecule has 0 radical (unpaired) electrons. The first-order valence-electron chi connectivity index (χ1n) is 8.50. The van der Waals surface area contributed by atoms with E-state index in [2.05, 4.69) is 27.8 Å². The van der Waals surface area contributed by atoms with E-state index in [1.807, 2.05) is 48.5 Å². The highest BCUT2D eigenvalue weighted by Gasteiger charge is 2.16. The van der Waals surface area contributed by atoms with E-state index in [-0.39, 0.29) is 5.91 Å². The summed E-state index contributed by atoms with van der Waals surface area (Å²) in [5.41, 5.74) is 2.53. The second-order valence-electron chi connectivity index (χ2n) is 5.80. The Kier molecular flexibility index (Phi) is 5.83. The van der Waals surface area contributed by atoms with Crippen molar-refractivity contribution in [2.24, 2.45) is 0 Å². The number of anilines is 2. The van der Waals surface area contributed by atoms with Crippen molar-refractivity contribution in [2.45, 2.75) is 6.42 Å². The first-order valence-corrected chi connectivity index (χ1v) is 8.50. The summed E-state index contributed by atoms with van der Waals surface area (Å²) in [5.74, 6) is 1.28. The summed E-state index contributed by atoms with van der Waals surface area (Å²) in [6, 6.07) is 21.1. The average Bonchev–Trinajstić information content (AvgIpc) is 2.70. The van der Waals surface area contributed by atoms with Gasteiger partial charge in [0, 0.05) is 12.1 Å². The van der Waals surface area contributed by atoms with E-state index in [4.69, 9.17) is 4.74 Å². The van der Waals surface area contributed by atoms with Gasteiger partial charge in [0.2, 0.25) is 0 Å². The maximum atomic E-state index is 12.6. The van der Waals surface area contributed by atoms with E-state index in [1.54, 1.807) is 19.4 Å². The third-order valence-electron chi connectivity index (χ3n) is 4.01. The zero-order valence-corrected chi connectivity index (χ0v) is 14.7. The SMILES string of the molecule is COc1ccc(NC(=O)c2ccc[nH+]c2NCCc2ccccc2)cc1. The van der Waals surface area contributed by atoms with Crippen molar-refractivity contribution in [3.05, 3.63) is 84.1 Å². The molecule has 0 atom stereocenters. The molecule has 26 heavy (non-hydrogen) atoms.